The number of hydrogen-bond donors (Lipinski definition) is 6. The molecule has 104 valence electrons. The van der Waals surface area contributed by atoms with E-state index in [1.807, 2.05) is 6.92 Å². The Morgan fingerprint density at radius 3 is 1.29 bits per heavy atom. The number of Topliss-reactive ketones (excluding diaryl/α,β-unsaturated/α-hetero) is 1. The molecular weight excluding hydrogens is 232 g/mol. The van der Waals surface area contributed by atoms with E-state index in [0.29, 0.717) is 6.42 Å². The van der Waals surface area contributed by atoms with Gasteiger partial charge in [-0.3, -0.25) is 0 Å². The maximum Gasteiger partial charge on any atom is 0.129 e. The number of aliphatic hydroxyl groups excluding tert-OH is 6. The van der Waals surface area contributed by atoms with Crippen LogP contribution in [0.15, 0.2) is 0 Å². The van der Waals surface area contributed by atoms with E-state index in [2.05, 4.69) is 0 Å². The molecule has 7 nitrogen and oxygen atoms in total. The second kappa shape index (κ2) is 10.6. The van der Waals surface area contributed by atoms with E-state index in [1.165, 1.54) is 0 Å². The van der Waals surface area contributed by atoms with Gasteiger partial charge in [0.1, 0.15) is 30.2 Å². The van der Waals surface area contributed by atoms with Gasteiger partial charge < -0.3 is 35.4 Å². The molecule has 0 fully saturated rings. The van der Waals surface area contributed by atoms with E-state index in [-0.39, 0.29) is 5.78 Å². The summed E-state index contributed by atoms with van der Waals surface area (Å²) < 4.78 is 0. The SMILES string of the molecule is CCC(C)=O.OC[C@@H](O)[C@@H](O)[C@H](O)[C@H](O)CO. The highest BCUT2D eigenvalue weighted by atomic mass is 16.4. The minimum atomic E-state index is -1.67. The molecule has 0 amide bonds. The Labute approximate surface area is 100.0 Å². The van der Waals surface area contributed by atoms with Gasteiger partial charge in [0.25, 0.3) is 0 Å². The van der Waals surface area contributed by atoms with Crippen LogP contribution in [-0.4, -0.2) is 74.1 Å². The van der Waals surface area contributed by atoms with E-state index in [9.17, 15) is 4.79 Å². The van der Waals surface area contributed by atoms with Gasteiger partial charge in [-0.1, -0.05) is 6.92 Å². The summed E-state index contributed by atoms with van der Waals surface area (Å²) in [6.07, 6.45) is -5.73. The fourth-order valence-corrected chi connectivity index (χ4v) is 0.671. The average Bonchev–Trinajstić information content (AvgIpc) is 2.35. The number of hydrogen-bond acceptors (Lipinski definition) is 7. The Hall–Kier alpha value is -0.570. The highest BCUT2D eigenvalue weighted by molar-refractivity contribution is 5.74. The Morgan fingerprint density at radius 1 is 0.941 bits per heavy atom. The lowest BCUT2D eigenvalue weighted by Gasteiger charge is -2.24. The quantitative estimate of drug-likeness (QED) is 0.305. The van der Waals surface area contributed by atoms with Crippen molar-refractivity contribution in [1.29, 1.82) is 0 Å². The van der Waals surface area contributed by atoms with Crippen LogP contribution < -0.4 is 0 Å². The summed E-state index contributed by atoms with van der Waals surface area (Å²) in [5, 5.41) is 52.2. The van der Waals surface area contributed by atoms with Gasteiger partial charge in [0.2, 0.25) is 0 Å². The number of carbonyl (C=O) groups is 1. The molecule has 0 aromatic rings. The Bertz CT molecular complexity index is 183. The van der Waals surface area contributed by atoms with E-state index in [1.54, 1.807) is 6.92 Å². The molecule has 6 N–H and O–H groups in total. The van der Waals surface area contributed by atoms with Crippen molar-refractivity contribution >= 4 is 5.78 Å². The third-order valence-electron chi connectivity index (χ3n) is 2.01. The van der Waals surface area contributed by atoms with Crippen LogP contribution in [0.5, 0.6) is 0 Å². The van der Waals surface area contributed by atoms with Gasteiger partial charge in [0.05, 0.1) is 13.2 Å². The summed E-state index contributed by atoms with van der Waals surface area (Å²) in [5.74, 6) is 0.255. The lowest BCUT2D eigenvalue weighted by atomic mass is 10.0. The molecular formula is C10H22O7. The van der Waals surface area contributed by atoms with Crippen molar-refractivity contribution < 1.29 is 35.4 Å². The molecule has 0 aliphatic carbocycles. The lowest BCUT2D eigenvalue weighted by Crippen LogP contribution is -2.46. The molecule has 0 heterocycles. The van der Waals surface area contributed by atoms with Gasteiger partial charge in [-0.2, -0.15) is 0 Å². The molecule has 0 aliphatic heterocycles. The Morgan fingerprint density at radius 2 is 1.18 bits per heavy atom. The molecule has 0 bridgehead atoms. The van der Waals surface area contributed by atoms with Crippen molar-refractivity contribution in [3.05, 3.63) is 0 Å². The summed E-state index contributed by atoms with van der Waals surface area (Å²) in [5.41, 5.74) is 0. The first kappa shape index (κ1) is 18.8. The molecule has 0 aliphatic rings. The predicted octanol–water partition coefficient (Wildman–Crippen LogP) is -2.60. The topological polar surface area (TPSA) is 138 Å². The first-order valence-corrected chi connectivity index (χ1v) is 5.25. The third-order valence-corrected chi connectivity index (χ3v) is 2.01. The second-order valence-electron chi connectivity index (χ2n) is 3.54. The monoisotopic (exact) mass is 254 g/mol. The first-order chi connectivity index (χ1) is 7.81. The molecule has 0 saturated heterocycles. The summed E-state index contributed by atoms with van der Waals surface area (Å²) >= 11 is 0. The molecule has 0 aromatic heterocycles. The lowest BCUT2D eigenvalue weighted by molar-refractivity contribution is -0.123. The Balaban J connectivity index is 0. The van der Waals surface area contributed by atoms with Crippen LogP contribution in [0.4, 0.5) is 0 Å². The number of ketones is 1. The van der Waals surface area contributed by atoms with Crippen LogP contribution in [0.25, 0.3) is 0 Å². The molecule has 4 atom stereocenters. The van der Waals surface area contributed by atoms with Crippen molar-refractivity contribution in [2.45, 2.75) is 44.7 Å². The zero-order chi connectivity index (χ0) is 14.0. The van der Waals surface area contributed by atoms with Crippen molar-refractivity contribution in [3.63, 3.8) is 0 Å². The highest BCUT2D eigenvalue weighted by Crippen LogP contribution is 2.03. The van der Waals surface area contributed by atoms with Crippen LogP contribution in [0.2, 0.25) is 0 Å². The van der Waals surface area contributed by atoms with E-state index in [4.69, 9.17) is 30.6 Å². The van der Waals surface area contributed by atoms with Gasteiger partial charge in [-0.25, -0.2) is 0 Å². The van der Waals surface area contributed by atoms with Gasteiger partial charge >= 0.3 is 0 Å². The number of rotatable bonds is 6. The van der Waals surface area contributed by atoms with Gasteiger partial charge in [0.15, 0.2) is 0 Å². The second-order valence-corrected chi connectivity index (χ2v) is 3.54. The minimum absolute atomic E-state index is 0.255. The normalized spacial score (nSPS) is 17.4. The molecule has 0 aromatic carbocycles. The Kier molecular flexibility index (Phi) is 11.7. The van der Waals surface area contributed by atoms with Gasteiger partial charge in [0, 0.05) is 6.42 Å². The highest BCUT2D eigenvalue weighted by Gasteiger charge is 2.29. The van der Waals surface area contributed by atoms with Crippen LogP contribution in [-0.2, 0) is 4.79 Å². The largest absolute Gasteiger partial charge is 0.394 e. The maximum absolute atomic E-state index is 9.81. The maximum atomic E-state index is 9.81. The van der Waals surface area contributed by atoms with E-state index >= 15 is 0 Å². The molecule has 7 heteroatoms. The third kappa shape index (κ3) is 9.16. The minimum Gasteiger partial charge on any atom is -0.394 e. The fourth-order valence-electron chi connectivity index (χ4n) is 0.671. The van der Waals surface area contributed by atoms with Crippen LogP contribution >= 0.6 is 0 Å². The van der Waals surface area contributed by atoms with Crippen LogP contribution in [0.1, 0.15) is 20.3 Å². The molecule has 0 rings (SSSR count). The molecule has 0 saturated carbocycles. The standard InChI is InChI=1S/C6H14O6.C4H8O/c7-1-3(9)5(11)6(12)4(10)2-8;1-3-4(2)5/h3-12H,1-2H2;3H2,1-2H3/t3-,4-,5-,6-;/m1./s1. The van der Waals surface area contributed by atoms with Gasteiger partial charge in [-0.15, -0.1) is 0 Å². The fraction of sp³-hybridized carbons (Fsp3) is 0.900. The summed E-state index contributed by atoms with van der Waals surface area (Å²) in [6.45, 7) is 1.98. The number of aliphatic hydroxyl groups is 6. The van der Waals surface area contributed by atoms with E-state index in [0.717, 1.165) is 0 Å². The van der Waals surface area contributed by atoms with Crippen molar-refractivity contribution in [2.75, 3.05) is 13.2 Å². The molecule has 0 radical (unpaired) electrons. The van der Waals surface area contributed by atoms with Crippen molar-refractivity contribution in [2.24, 2.45) is 0 Å². The summed E-state index contributed by atoms with van der Waals surface area (Å²) in [7, 11) is 0. The van der Waals surface area contributed by atoms with Gasteiger partial charge in [-0.05, 0) is 6.92 Å². The first-order valence-electron chi connectivity index (χ1n) is 5.25. The molecule has 0 unspecified atom stereocenters. The summed E-state index contributed by atoms with van der Waals surface area (Å²) in [4.78, 5) is 9.81. The number of carbonyl (C=O) groups excluding carboxylic acids is 1. The van der Waals surface area contributed by atoms with Crippen molar-refractivity contribution in [3.8, 4) is 0 Å². The van der Waals surface area contributed by atoms with Crippen LogP contribution in [0, 0.1) is 0 Å². The smallest absolute Gasteiger partial charge is 0.129 e. The molecule has 0 spiro atoms. The zero-order valence-corrected chi connectivity index (χ0v) is 10.0. The average molecular weight is 254 g/mol. The van der Waals surface area contributed by atoms with Crippen molar-refractivity contribution in [1.82, 2.24) is 0 Å². The molecule has 17 heavy (non-hydrogen) atoms. The van der Waals surface area contributed by atoms with Crippen LogP contribution in [0.3, 0.4) is 0 Å². The predicted molar refractivity (Wildman–Crippen MR) is 59.2 cm³/mol. The summed E-state index contributed by atoms with van der Waals surface area (Å²) in [6, 6.07) is 0. The van der Waals surface area contributed by atoms with E-state index < -0.39 is 37.6 Å². The zero-order valence-electron chi connectivity index (χ0n) is 10.0.